The first-order chi connectivity index (χ1) is 9.56. The van der Waals surface area contributed by atoms with Crippen LogP contribution >= 0.6 is 23.2 Å². The largest absolute Gasteiger partial charge is 0.491 e. The second-order valence-corrected chi connectivity index (χ2v) is 6.20. The maximum Gasteiger partial charge on any atom is 0.124 e. The summed E-state index contributed by atoms with van der Waals surface area (Å²) in [6.45, 7) is 9.39. The summed E-state index contributed by atoms with van der Waals surface area (Å²) in [4.78, 5) is 2.46. The van der Waals surface area contributed by atoms with E-state index in [4.69, 9.17) is 27.9 Å². The molecule has 1 heterocycles. The van der Waals surface area contributed by atoms with Crippen molar-refractivity contribution in [1.29, 1.82) is 0 Å². The first-order valence-electron chi connectivity index (χ1n) is 7.14. The molecule has 5 heteroatoms. The van der Waals surface area contributed by atoms with Crippen molar-refractivity contribution in [3.63, 3.8) is 0 Å². The number of hydrogen-bond acceptors (Lipinski definition) is 3. The van der Waals surface area contributed by atoms with Gasteiger partial charge in [0.15, 0.2) is 0 Å². The van der Waals surface area contributed by atoms with E-state index in [1.54, 1.807) is 0 Å². The molecule has 20 heavy (non-hydrogen) atoms. The van der Waals surface area contributed by atoms with Crippen LogP contribution < -0.4 is 10.1 Å². The average molecular weight is 317 g/mol. The molecule has 0 bridgehead atoms. The Morgan fingerprint density at radius 1 is 1.20 bits per heavy atom. The van der Waals surface area contributed by atoms with Gasteiger partial charge in [0.25, 0.3) is 0 Å². The minimum atomic E-state index is 0.130. The molecule has 3 nitrogen and oxygen atoms in total. The predicted molar refractivity (Wildman–Crippen MR) is 85.2 cm³/mol. The van der Waals surface area contributed by atoms with Crippen molar-refractivity contribution in [2.45, 2.75) is 26.4 Å². The van der Waals surface area contributed by atoms with Gasteiger partial charge in [-0.3, -0.25) is 0 Å². The van der Waals surface area contributed by atoms with E-state index in [2.05, 4.69) is 10.2 Å². The zero-order chi connectivity index (χ0) is 14.5. The van der Waals surface area contributed by atoms with Crippen LogP contribution in [0.1, 0.15) is 19.4 Å². The highest BCUT2D eigenvalue weighted by atomic mass is 35.5. The fraction of sp³-hybridized carbons (Fsp3) is 0.600. The topological polar surface area (TPSA) is 24.5 Å². The Kier molecular flexibility index (Phi) is 5.97. The van der Waals surface area contributed by atoms with Crippen LogP contribution in [0.3, 0.4) is 0 Å². The van der Waals surface area contributed by atoms with Crippen LogP contribution in [0, 0.1) is 0 Å². The summed E-state index contributed by atoms with van der Waals surface area (Å²) >= 11 is 12.2. The maximum absolute atomic E-state index is 6.13. The Morgan fingerprint density at radius 3 is 2.50 bits per heavy atom. The lowest BCUT2D eigenvalue weighted by Gasteiger charge is -2.27. The summed E-state index contributed by atoms with van der Waals surface area (Å²) in [7, 11) is 0. The van der Waals surface area contributed by atoms with Crippen LogP contribution in [0.4, 0.5) is 0 Å². The number of piperazine rings is 1. The van der Waals surface area contributed by atoms with E-state index < -0.39 is 0 Å². The summed E-state index contributed by atoms with van der Waals surface area (Å²) in [6, 6.07) is 3.76. The molecule has 0 saturated carbocycles. The molecule has 1 aromatic rings. The smallest absolute Gasteiger partial charge is 0.124 e. The molecule has 1 fully saturated rings. The number of rotatable bonds is 5. The van der Waals surface area contributed by atoms with Crippen LogP contribution in [-0.2, 0) is 6.42 Å². The monoisotopic (exact) mass is 316 g/mol. The summed E-state index contributed by atoms with van der Waals surface area (Å²) in [5.74, 6) is 0.851. The minimum Gasteiger partial charge on any atom is -0.491 e. The van der Waals surface area contributed by atoms with Gasteiger partial charge in [-0.25, -0.2) is 0 Å². The molecule has 0 radical (unpaired) electrons. The van der Waals surface area contributed by atoms with Crippen LogP contribution in [0.15, 0.2) is 12.1 Å². The van der Waals surface area contributed by atoms with Crippen molar-refractivity contribution in [2.75, 3.05) is 32.7 Å². The van der Waals surface area contributed by atoms with Gasteiger partial charge in [0.2, 0.25) is 0 Å². The Bertz CT molecular complexity index is 446. The fourth-order valence-electron chi connectivity index (χ4n) is 2.34. The lowest BCUT2D eigenvalue weighted by atomic mass is 10.1. The van der Waals surface area contributed by atoms with Gasteiger partial charge < -0.3 is 15.0 Å². The van der Waals surface area contributed by atoms with Gasteiger partial charge >= 0.3 is 0 Å². The number of hydrogen-bond donors (Lipinski definition) is 1. The van der Waals surface area contributed by atoms with Crippen molar-refractivity contribution >= 4 is 23.2 Å². The van der Waals surface area contributed by atoms with Gasteiger partial charge in [-0.15, -0.1) is 0 Å². The predicted octanol–water partition coefficient (Wildman–Crippen LogP) is 3.23. The van der Waals surface area contributed by atoms with E-state index in [1.807, 2.05) is 26.0 Å². The molecule has 2 rings (SSSR count). The quantitative estimate of drug-likeness (QED) is 0.902. The second-order valence-electron chi connectivity index (χ2n) is 5.38. The molecular formula is C15H22Cl2N2O. The summed E-state index contributed by atoms with van der Waals surface area (Å²) in [5.41, 5.74) is 1.13. The first-order valence-corrected chi connectivity index (χ1v) is 7.89. The summed E-state index contributed by atoms with van der Waals surface area (Å²) < 4.78 is 5.85. The molecule has 0 spiro atoms. The molecule has 1 aromatic carbocycles. The van der Waals surface area contributed by atoms with Gasteiger partial charge in [0.1, 0.15) is 5.75 Å². The van der Waals surface area contributed by atoms with Gasteiger partial charge in [-0.1, -0.05) is 23.2 Å². The van der Waals surface area contributed by atoms with E-state index in [1.165, 1.54) is 0 Å². The third kappa shape index (κ3) is 4.52. The van der Waals surface area contributed by atoms with Gasteiger partial charge in [-0.05, 0) is 31.9 Å². The average Bonchev–Trinajstić information content (AvgIpc) is 2.42. The van der Waals surface area contributed by atoms with Crippen molar-refractivity contribution in [1.82, 2.24) is 10.2 Å². The number of nitrogens with zero attached hydrogens (tertiary/aromatic N) is 1. The zero-order valence-corrected chi connectivity index (χ0v) is 13.6. The molecular weight excluding hydrogens is 295 g/mol. The highest BCUT2D eigenvalue weighted by Gasteiger charge is 2.13. The van der Waals surface area contributed by atoms with Crippen LogP contribution in [0.25, 0.3) is 0 Å². The molecule has 0 atom stereocenters. The molecule has 0 aromatic heterocycles. The molecule has 1 saturated heterocycles. The van der Waals surface area contributed by atoms with Crippen LogP contribution in [-0.4, -0.2) is 43.7 Å². The second kappa shape index (κ2) is 7.51. The SMILES string of the molecule is CC(C)Oc1cc(Cl)c(Cl)cc1CCN1CCNCC1. The molecule has 1 aliphatic heterocycles. The molecule has 0 unspecified atom stereocenters. The minimum absolute atomic E-state index is 0.130. The van der Waals surface area contributed by atoms with Crippen molar-refractivity contribution < 1.29 is 4.74 Å². The maximum atomic E-state index is 6.13. The molecule has 1 N–H and O–H groups in total. The Balaban J connectivity index is 2.06. The van der Waals surface area contributed by atoms with Gasteiger partial charge in [-0.2, -0.15) is 0 Å². The zero-order valence-electron chi connectivity index (χ0n) is 12.1. The highest BCUT2D eigenvalue weighted by molar-refractivity contribution is 6.42. The molecule has 112 valence electrons. The number of halogens is 2. The van der Waals surface area contributed by atoms with Crippen molar-refractivity contribution in [2.24, 2.45) is 0 Å². The number of ether oxygens (including phenoxy) is 1. The van der Waals surface area contributed by atoms with E-state index in [0.29, 0.717) is 10.0 Å². The summed E-state index contributed by atoms with van der Waals surface area (Å²) in [6.07, 6.45) is 1.06. The lowest BCUT2D eigenvalue weighted by Crippen LogP contribution is -2.44. The third-order valence-electron chi connectivity index (χ3n) is 3.37. The fourth-order valence-corrected chi connectivity index (χ4v) is 2.68. The molecule has 0 amide bonds. The van der Waals surface area contributed by atoms with E-state index >= 15 is 0 Å². The first kappa shape index (κ1) is 15.9. The molecule has 0 aliphatic carbocycles. The van der Waals surface area contributed by atoms with E-state index in [-0.39, 0.29) is 6.10 Å². The summed E-state index contributed by atoms with van der Waals surface area (Å²) in [5, 5.41) is 4.51. The number of benzene rings is 1. The lowest BCUT2D eigenvalue weighted by molar-refractivity contribution is 0.230. The third-order valence-corrected chi connectivity index (χ3v) is 4.10. The van der Waals surface area contributed by atoms with Crippen LogP contribution in [0.2, 0.25) is 10.0 Å². The van der Waals surface area contributed by atoms with E-state index in [9.17, 15) is 0 Å². The van der Waals surface area contributed by atoms with Gasteiger partial charge in [0, 0.05) is 38.8 Å². The van der Waals surface area contributed by atoms with Crippen LogP contribution in [0.5, 0.6) is 5.75 Å². The van der Waals surface area contributed by atoms with Crippen molar-refractivity contribution in [3.05, 3.63) is 27.7 Å². The Labute approximate surface area is 131 Å². The standard InChI is InChI=1S/C15H22Cl2N2O/c1-11(2)20-15-10-14(17)13(16)9-12(15)3-6-19-7-4-18-5-8-19/h9-11,18H,3-8H2,1-2H3. The Hall–Kier alpha value is -0.480. The number of nitrogens with one attached hydrogen (secondary N) is 1. The molecule has 1 aliphatic rings. The normalized spacial score (nSPS) is 16.6. The van der Waals surface area contributed by atoms with E-state index in [0.717, 1.165) is 50.5 Å². The highest BCUT2D eigenvalue weighted by Crippen LogP contribution is 2.31. The Morgan fingerprint density at radius 2 is 1.85 bits per heavy atom. The van der Waals surface area contributed by atoms with Gasteiger partial charge in [0.05, 0.1) is 16.1 Å². The van der Waals surface area contributed by atoms with Crippen molar-refractivity contribution in [3.8, 4) is 5.75 Å².